The summed E-state index contributed by atoms with van der Waals surface area (Å²) in [6.07, 6.45) is 0. The SMILES string of the molecule is COc1ccc(OC)c(C2NC(C(=O)O)C3C(=O)N(c4cccc(C(=O)O)c4)C(=O)C23)c1. The molecule has 0 radical (unpaired) electrons. The van der Waals surface area contributed by atoms with Crippen molar-refractivity contribution in [2.45, 2.75) is 12.1 Å². The highest BCUT2D eigenvalue weighted by molar-refractivity contribution is 6.24. The molecule has 0 saturated carbocycles. The summed E-state index contributed by atoms with van der Waals surface area (Å²) in [7, 11) is 2.91. The highest BCUT2D eigenvalue weighted by Crippen LogP contribution is 2.47. The minimum atomic E-state index is -1.31. The van der Waals surface area contributed by atoms with E-state index in [-0.39, 0.29) is 11.3 Å². The average Bonchev–Trinajstić information content (AvgIpc) is 3.30. The van der Waals surface area contributed by atoms with Gasteiger partial charge in [-0.1, -0.05) is 6.07 Å². The third-order valence-electron chi connectivity index (χ3n) is 5.86. The van der Waals surface area contributed by atoms with Crippen molar-refractivity contribution < 1.29 is 38.9 Å². The van der Waals surface area contributed by atoms with E-state index in [0.717, 1.165) is 4.90 Å². The molecule has 32 heavy (non-hydrogen) atoms. The number of ether oxygens (including phenoxy) is 2. The number of nitrogens with one attached hydrogen (secondary N) is 1. The molecule has 4 unspecified atom stereocenters. The van der Waals surface area contributed by atoms with E-state index in [1.807, 2.05) is 0 Å². The summed E-state index contributed by atoms with van der Waals surface area (Å²) in [5.41, 5.74) is 0.460. The molecule has 3 N–H and O–H groups in total. The number of benzene rings is 2. The quantitative estimate of drug-likeness (QED) is 0.567. The Balaban J connectivity index is 1.81. The molecule has 2 saturated heterocycles. The van der Waals surface area contributed by atoms with Crippen molar-refractivity contribution in [3.05, 3.63) is 53.6 Å². The van der Waals surface area contributed by atoms with Gasteiger partial charge >= 0.3 is 11.9 Å². The predicted molar refractivity (Wildman–Crippen MR) is 110 cm³/mol. The molecule has 2 aromatic rings. The van der Waals surface area contributed by atoms with Crippen LogP contribution in [0.4, 0.5) is 5.69 Å². The summed E-state index contributed by atoms with van der Waals surface area (Å²) in [4.78, 5) is 50.9. The highest BCUT2D eigenvalue weighted by Gasteiger charge is 2.61. The van der Waals surface area contributed by atoms with E-state index in [1.54, 1.807) is 18.2 Å². The van der Waals surface area contributed by atoms with Crippen LogP contribution in [0.2, 0.25) is 0 Å². The van der Waals surface area contributed by atoms with Crippen molar-refractivity contribution in [3.63, 3.8) is 0 Å². The number of rotatable bonds is 6. The Hall–Kier alpha value is -3.92. The Morgan fingerprint density at radius 2 is 1.69 bits per heavy atom. The first-order chi connectivity index (χ1) is 15.3. The van der Waals surface area contributed by atoms with Crippen LogP contribution in [0.5, 0.6) is 11.5 Å². The average molecular weight is 440 g/mol. The Kier molecular flexibility index (Phi) is 5.31. The van der Waals surface area contributed by atoms with E-state index in [0.29, 0.717) is 17.1 Å². The van der Waals surface area contributed by atoms with Crippen LogP contribution in [0, 0.1) is 11.8 Å². The van der Waals surface area contributed by atoms with Gasteiger partial charge in [-0.2, -0.15) is 0 Å². The molecule has 2 heterocycles. The summed E-state index contributed by atoms with van der Waals surface area (Å²) in [6.45, 7) is 0. The number of hydrogen-bond acceptors (Lipinski definition) is 7. The van der Waals surface area contributed by atoms with E-state index in [9.17, 15) is 29.4 Å². The van der Waals surface area contributed by atoms with E-state index in [4.69, 9.17) is 9.47 Å². The van der Waals surface area contributed by atoms with Crippen LogP contribution in [0.25, 0.3) is 0 Å². The summed E-state index contributed by atoms with van der Waals surface area (Å²) in [5.74, 6) is -5.13. The lowest BCUT2D eigenvalue weighted by Crippen LogP contribution is -2.43. The zero-order valence-corrected chi connectivity index (χ0v) is 17.1. The monoisotopic (exact) mass is 440 g/mol. The van der Waals surface area contributed by atoms with Crippen LogP contribution < -0.4 is 19.7 Å². The molecule has 0 aliphatic carbocycles. The number of nitrogens with zero attached hydrogens (tertiary/aromatic N) is 1. The fourth-order valence-electron chi connectivity index (χ4n) is 4.44. The van der Waals surface area contributed by atoms with Crippen molar-refractivity contribution in [2.24, 2.45) is 11.8 Å². The third-order valence-corrected chi connectivity index (χ3v) is 5.86. The first-order valence-electron chi connectivity index (χ1n) is 9.70. The minimum Gasteiger partial charge on any atom is -0.497 e. The van der Waals surface area contributed by atoms with Gasteiger partial charge in [-0.25, -0.2) is 9.69 Å². The van der Waals surface area contributed by atoms with Crippen molar-refractivity contribution >= 4 is 29.4 Å². The van der Waals surface area contributed by atoms with Gasteiger partial charge in [0, 0.05) is 11.6 Å². The van der Waals surface area contributed by atoms with Gasteiger partial charge in [0.05, 0.1) is 37.3 Å². The number of methoxy groups -OCH3 is 2. The number of hydrogen-bond donors (Lipinski definition) is 3. The molecule has 166 valence electrons. The number of aliphatic carboxylic acids is 1. The van der Waals surface area contributed by atoms with Gasteiger partial charge in [0.15, 0.2) is 0 Å². The summed E-state index contributed by atoms with van der Waals surface area (Å²) < 4.78 is 10.7. The smallest absolute Gasteiger partial charge is 0.335 e. The van der Waals surface area contributed by atoms with Gasteiger partial charge in [-0.3, -0.25) is 19.7 Å². The Morgan fingerprint density at radius 3 is 2.31 bits per heavy atom. The van der Waals surface area contributed by atoms with Crippen LogP contribution in [-0.2, 0) is 14.4 Å². The van der Waals surface area contributed by atoms with E-state index < -0.39 is 47.7 Å². The lowest BCUT2D eigenvalue weighted by molar-refractivity contribution is -0.142. The van der Waals surface area contributed by atoms with Crippen molar-refractivity contribution in [1.82, 2.24) is 5.32 Å². The number of amides is 2. The third kappa shape index (κ3) is 3.25. The Bertz CT molecular complexity index is 1130. The van der Waals surface area contributed by atoms with Crippen molar-refractivity contribution in [1.29, 1.82) is 0 Å². The number of carbonyl (C=O) groups is 4. The lowest BCUT2D eigenvalue weighted by atomic mass is 9.86. The molecule has 4 atom stereocenters. The summed E-state index contributed by atoms with van der Waals surface area (Å²) >= 11 is 0. The fraction of sp³-hybridized carbons (Fsp3) is 0.273. The number of carboxylic acid groups (broad SMARTS) is 2. The molecule has 2 aromatic carbocycles. The molecule has 0 spiro atoms. The van der Waals surface area contributed by atoms with Gasteiger partial charge in [0.2, 0.25) is 11.8 Å². The van der Waals surface area contributed by atoms with Gasteiger partial charge in [0.25, 0.3) is 0 Å². The summed E-state index contributed by atoms with van der Waals surface area (Å²) in [5, 5.41) is 21.9. The normalized spacial score (nSPS) is 24.4. The van der Waals surface area contributed by atoms with Crippen LogP contribution in [0.3, 0.4) is 0 Å². The van der Waals surface area contributed by atoms with Crippen molar-refractivity contribution in [2.75, 3.05) is 19.1 Å². The van der Waals surface area contributed by atoms with Crippen LogP contribution in [-0.4, -0.2) is 54.2 Å². The molecule has 2 aliphatic heterocycles. The fourth-order valence-corrected chi connectivity index (χ4v) is 4.44. The molecular formula is C22H20N2O8. The number of aromatic carboxylic acids is 1. The highest BCUT2D eigenvalue weighted by atomic mass is 16.5. The van der Waals surface area contributed by atoms with Crippen LogP contribution >= 0.6 is 0 Å². The zero-order valence-electron chi connectivity index (χ0n) is 17.1. The van der Waals surface area contributed by atoms with Crippen LogP contribution in [0.1, 0.15) is 22.0 Å². The minimum absolute atomic E-state index is 0.0785. The topological polar surface area (TPSA) is 142 Å². The number of anilines is 1. The zero-order chi connectivity index (χ0) is 23.2. The second-order valence-corrected chi connectivity index (χ2v) is 7.49. The second kappa shape index (κ2) is 7.97. The van der Waals surface area contributed by atoms with Gasteiger partial charge in [-0.05, 0) is 36.4 Å². The molecule has 2 aliphatic rings. The second-order valence-electron chi connectivity index (χ2n) is 7.49. The van der Waals surface area contributed by atoms with Crippen LogP contribution in [0.15, 0.2) is 42.5 Å². The molecular weight excluding hydrogens is 420 g/mol. The summed E-state index contributed by atoms with van der Waals surface area (Å²) in [6, 6.07) is 8.18. The van der Waals surface area contributed by atoms with E-state index in [1.165, 1.54) is 38.5 Å². The lowest BCUT2D eigenvalue weighted by Gasteiger charge is -2.23. The number of carboxylic acids is 2. The standard InChI is InChI=1S/C22H20N2O8/c1-31-12-6-7-14(32-2)13(9-12)17-15-16(18(23-17)22(29)30)20(26)24(19(15)25)11-5-3-4-10(8-11)21(27)28/h3-9,15-18,23H,1-2H3,(H,27,28)(H,29,30). The van der Waals surface area contributed by atoms with Crippen molar-refractivity contribution in [3.8, 4) is 11.5 Å². The van der Waals surface area contributed by atoms with Gasteiger partial charge < -0.3 is 19.7 Å². The first-order valence-corrected chi connectivity index (χ1v) is 9.70. The largest absolute Gasteiger partial charge is 0.497 e. The maximum atomic E-state index is 13.4. The molecule has 4 rings (SSSR count). The number of carbonyl (C=O) groups excluding carboxylic acids is 2. The molecule has 0 aromatic heterocycles. The maximum absolute atomic E-state index is 13.4. The first kappa shape index (κ1) is 21.3. The molecule has 10 nitrogen and oxygen atoms in total. The number of fused-ring (bicyclic) bond motifs is 1. The molecule has 0 bridgehead atoms. The molecule has 10 heteroatoms. The Morgan fingerprint density at radius 1 is 0.969 bits per heavy atom. The van der Waals surface area contributed by atoms with Gasteiger partial charge in [-0.15, -0.1) is 0 Å². The predicted octanol–water partition coefficient (Wildman–Crippen LogP) is 1.31. The van der Waals surface area contributed by atoms with E-state index >= 15 is 0 Å². The number of imide groups is 1. The van der Waals surface area contributed by atoms with Gasteiger partial charge in [0.1, 0.15) is 17.5 Å². The molecule has 2 amide bonds. The molecule has 2 fully saturated rings. The maximum Gasteiger partial charge on any atom is 0.335 e. The Labute approximate surface area is 182 Å². The van der Waals surface area contributed by atoms with E-state index in [2.05, 4.69) is 5.32 Å².